The molecule has 2 nitrogen and oxygen atoms in total. The molecule has 0 saturated carbocycles. The topological polar surface area (TPSA) is 16.4 Å². The van der Waals surface area contributed by atoms with Crippen LogP contribution in [-0.2, 0) is 0 Å². The number of rotatable bonds is 6. The molecule has 2 aromatic heterocycles. The summed E-state index contributed by atoms with van der Waals surface area (Å²) in [7, 11) is 0. The van der Waals surface area contributed by atoms with Crippen molar-refractivity contribution in [3.8, 4) is 33.4 Å². The minimum absolute atomic E-state index is 0.896. The summed E-state index contributed by atoms with van der Waals surface area (Å²) >= 11 is 1.85. The summed E-state index contributed by atoms with van der Waals surface area (Å²) in [5.74, 6) is 0. The highest BCUT2D eigenvalue weighted by atomic mass is 32.1. The minimum Gasteiger partial charge on any atom is -0.455 e. The first-order chi connectivity index (χ1) is 27.3. The second kappa shape index (κ2) is 12.9. The van der Waals surface area contributed by atoms with Crippen molar-refractivity contribution in [3.63, 3.8) is 0 Å². The minimum atomic E-state index is 0.896. The van der Waals surface area contributed by atoms with Crippen molar-refractivity contribution in [2.45, 2.75) is 0 Å². The Balaban J connectivity index is 1.12. The second-order valence-electron chi connectivity index (χ2n) is 14.1. The second-order valence-corrected chi connectivity index (χ2v) is 15.2. The van der Waals surface area contributed by atoms with E-state index >= 15 is 0 Å². The third kappa shape index (κ3) is 5.32. The Labute approximate surface area is 322 Å². The lowest BCUT2D eigenvalue weighted by molar-refractivity contribution is 0.670. The molecule has 3 heteroatoms. The summed E-state index contributed by atoms with van der Waals surface area (Å²) in [5, 5.41) is 7.26. The predicted molar refractivity (Wildman–Crippen MR) is 235 cm³/mol. The highest BCUT2D eigenvalue weighted by molar-refractivity contribution is 7.26. The van der Waals surface area contributed by atoms with Crippen LogP contribution in [0.3, 0.4) is 0 Å². The molecule has 0 atom stereocenters. The third-order valence-electron chi connectivity index (χ3n) is 10.8. The Hall–Kier alpha value is -6.94. The average Bonchev–Trinajstić information content (AvgIpc) is 3.83. The molecular weight excluding hydrogens is 687 g/mol. The molecule has 0 saturated heterocycles. The van der Waals surface area contributed by atoms with Gasteiger partial charge in [0.25, 0.3) is 0 Å². The fourth-order valence-electron chi connectivity index (χ4n) is 8.28. The van der Waals surface area contributed by atoms with Gasteiger partial charge in [-0.2, -0.15) is 0 Å². The highest BCUT2D eigenvalue weighted by Crippen LogP contribution is 2.49. The van der Waals surface area contributed by atoms with Crippen LogP contribution in [0.5, 0.6) is 0 Å². The van der Waals surface area contributed by atoms with Crippen molar-refractivity contribution in [3.05, 3.63) is 200 Å². The maximum absolute atomic E-state index is 6.63. The molecule has 0 aliphatic carbocycles. The van der Waals surface area contributed by atoms with Crippen LogP contribution in [0.15, 0.2) is 205 Å². The summed E-state index contributed by atoms with van der Waals surface area (Å²) < 4.78 is 9.18. The molecule has 0 amide bonds. The van der Waals surface area contributed by atoms with E-state index < -0.39 is 0 Å². The van der Waals surface area contributed by atoms with Gasteiger partial charge < -0.3 is 9.32 Å². The number of thiophene rings is 1. The Bertz CT molecular complexity index is 3240. The molecule has 11 rings (SSSR count). The van der Waals surface area contributed by atoms with Crippen molar-refractivity contribution in [1.29, 1.82) is 0 Å². The summed E-state index contributed by atoms with van der Waals surface area (Å²) in [6, 6.07) is 72.3. The van der Waals surface area contributed by atoms with E-state index in [1.54, 1.807) is 0 Å². The summed E-state index contributed by atoms with van der Waals surface area (Å²) in [6.45, 7) is 0. The first-order valence-electron chi connectivity index (χ1n) is 18.7. The van der Waals surface area contributed by atoms with Crippen molar-refractivity contribution in [1.82, 2.24) is 0 Å². The van der Waals surface area contributed by atoms with Gasteiger partial charge in [0.15, 0.2) is 0 Å². The van der Waals surface area contributed by atoms with E-state index in [-0.39, 0.29) is 0 Å². The van der Waals surface area contributed by atoms with Crippen LogP contribution in [0.25, 0.3) is 86.3 Å². The van der Waals surface area contributed by atoms with E-state index in [0.29, 0.717) is 0 Å². The molecular formula is C52H33NOS. The van der Waals surface area contributed by atoms with Gasteiger partial charge in [0.2, 0.25) is 0 Å². The van der Waals surface area contributed by atoms with Gasteiger partial charge in [0.05, 0.1) is 11.4 Å². The van der Waals surface area contributed by atoms with Gasteiger partial charge in [-0.05, 0) is 87.6 Å². The molecule has 0 radical (unpaired) electrons. The maximum Gasteiger partial charge on any atom is 0.143 e. The molecule has 9 aromatic carbocycles. The Morgan fingerprint density at radius 2 is 1.00 bits per heavy atom. The third-order valence-corrected chi connectivity index (χ3v) is 12.0. The summed E-state index contributed by atoms with van der Waals surface area (Å²) in [4.78, 5) is 2.45. The molecule has 11 aromatic rings. The molecule has 258 valence electrons. The lowest BCUT2D eigenvalue weighted by Crippen LogP contribution is -2.11. The van der Waals surface area contributed by atoms with Gasteiger partial charge in [-0.15, -0.1) is 11.3 Å². The number of nitrogens with zero attached hydrogens (tertiary/aromatic N) is 1. The van der Waals surface area contributed by atoms with Crippen molar-refractivity contribution in [2.75, 3.05) is 4.90 Å². The van der Waals surface area contributed by atoms with Crippen LogP contribution < -0.4 is 4.90 Å². The van der Waals surface area contributed by atoms with Crippen molar-refractivity contribution in [2.24, 2.45) is 0 Å². The largest absolute Gasteiger partial charge is 0.455 e. The Morgan fingerprint density at radius 3 is 1.91 bits per heavy atom. The standard InChI is InChI=1S/C52H33NOS/c1-2-14-35-31-39(30-29-34(35)13-1)37-16-9-15-36(32-37)38-17-10-18-40(33-38)53(47-25-12-28-50-51(47)45-21-5-8-27-49(45)55-50)46-24-6-3-19-41(46)43-22-11-23-44-42-20-4-7-26-48(42)54-52(43)44/h1-33H. The van der Waals surface area contributed by atoms with Crippen LogP contribution in [0.4, 0.5) is 17.1 Å². The highest BCUT2D eigenvalue weighted by Gasteiger charge is 2.23. The van der Waals surface area contributed by atoms with Crippen LogP contribution in [0.1, 0.15) is 0 Å². The molecule has 0 spiro atoms. The molecule has 0 aliphatic heterocycles. The van der Waals surface area contributed by atoms with E-state index in [0.717, 1.165) is 55.7 Å². The molecule has 55 heavy (non-hydrogen) atoms. The molecule has 0 aliphatic rings. The number of hydrogen-bond donors (Lipinski definition) is 0. The number of anilines is 3. The van der Waals surface area contributed by atoms with Crippen molar-refractivity contribution < 1.29 is 4.42 Å². The number of benzene rings is 9. The van der Waals surface area contributed by atoms with E-state index in [2.05, 4.69) is 199 Å². The van der Waals surface area contributed by atoms with Gasteiger partial charge in [0, 0.05) is 47.8 Å². The Morgan fingerprint density at radius 1 is 0.382 bits per heavy atom. The van der Waals surface area contributed by atoms with Crippen LogP contribution in [0, 0.1) is 0 Å². The fraction of sp³-hybridized carbons (Fsp3) is 0. The average molecular weight is 720 g/mol. The fourth-order valence-corrected chi connectivity index (χ4v) is 9.40. The molecule has 0 unspecified atom stereocenters. The summed E-state index contributed by atoms with van der Waals surface area (Å²) in [5.41, 5.74) is 12.0. The van der Waals surface area contributed by atoms with E-state index in [1.807, 2.05) is 17.4 Å². The van der Waals surface area contributed by atoms with Crippen LogP contribution in [0.2, 0.25) is 0 Å². The monoisotopic (exact) mass is 719 g/mol. The number of fused-ring (bicyclic) bond motifs is 7. The zero-order valence-corrected chi connectivity index (χ0v) is 30.6. The molecule has 0 N–H and O–H groups in total. The number of para-hydroxylation sites is 3. The molecule has 0 fully saturated rings. The smallest absolute Gasteiger partial charge is 0.143 e. The van der Waals surface area contributed by atoms with Crippen molar-refractivity contribution >= 4 is 81.3 Å². The van der Waals surface area contributed by atoms with E-state index in [1.165, 1.54) is 47.6 Å². The van der Waals surface area contributed by atoms with Gasteiger partial charge in [-0.25, -0.2) is 0 Å². The zero-order chi connectivity index (χ0) is 36.3. The SMILES string of the molecule is c1cc(-c2cccc(N(c3ccccc3-c3cccc4c3oc3ccccc34)c3cccc4sc5ccccc5c34)c2)cc(-c2ccc3ccccc3c2)c1. The van der Waals surface area contributed by atoms with Gasteiger partial charge in [-0.1, -0.05) is 146 Å². The number of furan rings is 1. The van der Waals surface area contributed by atoms with Crippen LogP contribution >= 0.6 is 11.3 Å². The maximum atomic E-state index is 6.63. The quantitative estimate of drug-likeness (QED) is 0.170. The lowest BCUT2D eigenvalue weighted by Gasteiger charge is -2.29. The zero-order valence-electron chi connectivity index (χ0n) is 29.8. The molecule has 0 bridgehead atoms. The lowest BCUT2D eigenvalue weighted by atomic mass is 9.96. The molecule has 2 heterocycles. The number of hydrogen-bond acceptors (Lipinski definition) is 3. The predicted octanol–water partition coefficient (Wildman–Crippen LogP) is 15.6. The van der Waals surface area contributed by atoms with E-state index in [4.69, 9.17) is 4.42 Å². The summed E-state index contributed by atoms with van der Waals surface area (Å²) in [6.07, 6.45) is 0. The van der Waals surface area contributed by atoms with Gasteiger partial charge in [0.1, 0.15) is 11.2 Å². The van der Waals surface area contributed by atoms with Crippen LogP contribution in [-0.4, -0.2) is 0 Å². The normalized spacial score (nSPS) is 11.6. The van der Waals surface area contributed by atoms with Gasteiger partial charge >= 0.3 is 0 Å². The first-order valence-corrected chi connectivity index (χ1v) is 19.5. The van der Waals surface area contributed by atoms with E-state index in [9.17, 15) is 0 Å². The Kier molecular flexibility index (Phi) is 7.39. The first kappa shape index (κ1) is 31.6. The van der Waals surface area contributed by atoms with Gasteiger partial charge in [-0.3, -0.25) is 0 Å².